The average molecular weight is 203 g/mol. The van der Waals surface area contributed by atoms with E-state index in [0.29, 0.717) is 6.54 Å². The Bertz CT molecular complexity index is 442. The Labute approximate surface area is 87.9 Å². The largest absolute Gasteiger partial charge is 0.348 e. The van der Waals surface area contributed by atoms with Crippen LogP contribution in [0.5, 0.6) is 0 Å². The first-order valence-corrected chi connectivity index (χ1v) is 5.29. The van der Waals surface area contributed by atoms with Crippen LogP contribution in [-0.2, 0) is 19.4 Å². The summed E-state index contributed by atoms with van der Waals surface area (Å²) in [6.07, 6.45) is 4.49. The second-order valence-electron chi connectivity index (χ2n) is 4.27. The maximum Gasteiger partial charge on any atom is 0.252 e. The average Bonchev–Trinajstić information content (AvgIpc) is 2.60. The molecule has 1 aromatic heterocycles. The molecule has 1 unspecified atom stereocenters. The number of nitrogens with two attached hydrogens (primary N) is 1. The molecule has 3 rings (SSSR count). The van der Waals surface area contributed by atoms with Gasteiger partial charge in [-0.15, -0.1) is 0 Å². The van der Waals surface area contributed by atoms with Crippen molar-refractivity contribution >= 4 is 5.91 Å². The molecule has 1 amide bonds. The van der Waals surface area contributed by atoms with E-state index >= 15 is 0 Å². The zero-order valence-corrected chi connectivity index (χ0v) is 8.42. The number of carbonyl (C=O) groups is 1. The van der Waals surface area contributed by atoms with Crippen molar-refractivity contribution in [1.29, 1.82) is 0 Å². The number of carbonyl (C=O) groups excluding carboxylic acids is 1. The van der Waals surface area contributed by atoms with E-state index < -0.39 is 0 Å². The highest BCUT2D eigenvalue weighted by molar-refractivity contribution is 5.99. The number of rotatable bonds is 0. The summed E-state index contributed by atoms with van der Waals surface area (Å²) in [5.74, 6) is 0.0396. The highest BCUT2D eigenvalue weighted by Crippen LogP contribution is 2.27. The number of hydrogen-bond donors (Lipinski definition) is 2. The van der Waals surface area contributed by atoms with Crippen molar-refractivity contribution in [2.24, 2.45) is 5.73 Å². The fourth-order valence-corrected chi connectivity index (χ4v) is 2.44. The molecule has 1 aliphatic heterocycles. The Morgan fingerprint density at radius 1 is 1.53 bits per heavy atom. The van der Waals surface area contributed by atoms with E-state index in [2.05, 4.69) is 10.3 Å². The SMILES string of the molecule is NC1CCc2ncc3c(c2C1)C(=O)NC3. The number of hydrogen-bond acceptors (Lipinski definition) is 3. The fraction of sp³-hybridized carbons (Fsp3) is 0.455. The molecular formula is C11H13N3O. The lowest BCUT2D eigenvalue weighted by atomic mass is 9.88. The zero-order valence-electron chi connectivity index (χ0n) is 8.42. The van der Waals surface area contributed by atoms with Crippen LogP contribution in [0.2, 0.25) is 0 Å². The first-order chi connectivity index (χ1) is 7.25. The van der Waals surface area contributed by atoms with Crippen molar-refractivity contribution in [3.05, 3.63) is 28.6 Å². The Morgan fingerprint density at radius 2 is 2.40 bits per heavy atom. The van der Waals surface area contributed by atoms with Crippen molar-refractivity contribution in [1.82, 2.24) is 10.3 Å². The van der Waals surface area contributed by atoms with Crippen molar-refractivity contribution < 1.29 is 4.79 Å². The van der Waals surface area contributed by atoms with Crippen LogP contribution in [0.3, 0.4) is 0 Å². The van der Waals surface area contributed by atoms with Crippen LogP contribution < -0.4 is 11.1 Å². The van der Waals surface area contributed by atoms with Crippen molar-refractivity contribution in [2.45, 2.75) is 31.8 Å². The molecule has 3 N–H and O–H groups in total. The van der Waals surface area contributed by atoms with Gasteiger partial charge in [0.15, 0.2) is 0 Å². The van der Waals surface area contributed by atoms with Crippen LogP contribution in [-0.4, -0.2) is 16.9 Å². The second-order valence-corrected chi connectivity index (χ2v) is 4.27. The summed E-state index contributed by atoms with van der Waals surface area (Å²) in [7, 11) is 0. The number of nitrogens with one attached hydrogen (secondary N) is 1. The Balaban J connectivity index is 2.18. The monoisotopic (exact) mass is 203 g/mol. The third-order valence-corrected chi connectivity index (χ3v) is 3.23. The molecule has 0 saturated carbocycles. The quantitative estimate of drug-likeness (QED) is 0.630. The van der Waals surface area contributed by atoms with E-state index in [4.69, 9.17) is 5.73 Å². The summed E-state index contributed by atoms with van der Waals surface area (Å²) >= 11 is 0. The van der Waals surface area contributed by atoms with Crippen LogP contribution in [0.15, 0.2) is 6.20 Å². The summed E-state index contributed by atoms with van der Waals surface area (Å²) in [6, 6.07) is 0.180. The molecular weight excluding hydrogens is 190 g/mol. The number of nitrogens with zero attached hydrogens (tertiary/aromatic N) is 1. The number of aromatic nitrogens is 1. The topological polar surface area (TPSA) is 68.0 Å². The van der Waals surface area contributed by atoms with Crippen LogP contribution in [0, 0.1) is 0 Å². The number of amides is 1. The van der Waals surface area contributed by atoms with E-state index in [1.807, 2.05) is 6.20 Å². The Hall–Kier alpha value is -1.42. The minimum absolute atomic E-state index is 0.0396. The molecule has 1 aliphatic carbocycles. The third-order valence-electron chi connectivity index (χ3n) is 3.23. The summed E-state index contributed by atoms with van der Waals surface area (Å²) in [5.41, 5.74) is 9.94. The molecule has 4 nitrogen and oxygen atoms in total. The molecule has 4 heteroatoms. The number of fused-ring (bicyclic) bond motifs is 3. The highest BCUT2D eigenvalue weighted by atomic mass is 16.1. The molecule has 2 heterocycles. The van der Waals surface area contributed by atoms with Gasteiger partial charge in [-0.25, -0.2) is 0 Å². The summed E-state index contributed by atoms with van der Waals surface area (Å²) < 4.78 is 0. The van der Waals surface area contributed by atoms with Gasteiger partial charge in [-0.05, 0) is 24.8 Å². The summed E-state index contributed by atoms with van der Waals surface area (Å²) in [4.78, 5) is 16.1. The predicted octanol–water partition coefficient (Wildman–Crippen LogP) is 0.141. The van der Waals surface area contributed by atoms with Crippen LogP contribution in [0.4, 0.5) is 0 Å². The molecule has 78 valence electrons. The van der Waals surface area contributed by atoms with Gasteiger partial charge in [0.25, 0.3) is 5.91 Å². The smallest absolute Gasteiger partial charge is 0.252 e. The fourth-order valence-electron chi connectivity index (χ4n) is 2.44. The second kappa shape index (κ2) is 3.03. The summed E-state index contributed by atoms with van der Waals surface area (Å²) in [5, 5.41) is 2.83. The number of aryl methyl sites for hydroxylation is 1. The van der Waals surface area contributed by atoms with Gasteiger partial charge in [-0.3, -0.25) is 9.78 Å². The molecule has 0 spiro atoms. The maximum atomic E-state index is 11.7. The maximum absolute atomic E-state index is 11.7. The lowest BCUT2D eigenvalue weighted by Crippen LogP contribution is -2.30. The van der Waals surface area contributed by atoms with Gasteiger partial charge in [0.2, 0.25) is 0 Å². The molecule has 2 aliphatic rings. The molecule has 0 saturated heterocycles. The Morgan fingerprint density at radius 3 is 3.27 bits per heavy atom. The summed E-state index contributed by atoms with van der Waals surface area (Å²) in [6.45, 7) is 0.615. The van der Waals surface area contributed by atoms with Crippen molar-refractivity contribution in [2.75, 3.05) is 0 Å². The van der Waals surface area contributed by atoms with Gasteiger partial charge < -0.3 is 11.1 Å². The van der Waals surface area contributed by atoms with E-state index in [9.17, 15) is 4.79 Å². The first-order valence-electron chi connectivity index (χ1n) is 5.29. The van der Waals surface area contributed by atoms with E-state index in [1.54, 1.807) is 0 Å². The highest BCUT2D eigenvalue weighted by Gasteiger charge is 2.28. The molecule has 1 aromatic rings. The van der Waals surface area contributed by atoms with Crippen molar-refractivity contribution in [3.8, 4) is 0 Å². The van der Waals surface area contributed by atoms with Gasteiger partial charge in [0.05, 0.1) is 5.56 Å². The minimum Gasteiger partial charge on any atom is -0.348 e. The van der Waals surface area contributed by atoms with E-state index in [0.717, 1.165) is 41.6 Å². The molecule has 0 fully saturated rings. The standard InChI is InChI=1S/C11H13N3O/c12-7-1-2-9-8(3-7)10-6(4-13-9)5-14-11(10)15/h4,7H,1-3,5,12H2,(H,14,15). The Kier molecular flexibility index (Phi) is 1.79. The molecule has 1 atom stereocenters. The first kappa shape index (κ1) is 8.85. The van der Waals surface area contributed by atoms with Crippen LogP contribution in [0.1, 0.15) is 33.6 Å². The predicted molar refractivity (Wildman–Crippen MR) is 55.4 cm³/mol. The molecule has 0 bridgehead atoms. The lowest BCUT2D eigenvalue weighted by Gasteiger charge is -2.22. The van der Waals surface area contributed by atoms with Gasteiger partial charge in [-0.2, -0.15) is 0 Å². The van der Waals surface area contributed by atoms with Gasteiger partial charge in [-0.1, -0.05) is 0 Å². The van der Waals surface area contributed by atoms with Gasteiger partial charge in [0.1, 0.15) is 0 Å². The minimum atomic E-state index is 0.0396. The molecule has 0 radical (unpaired) electrons. The van der Waals surface area contributed by atoms with E-state index in [1.165, 1.54) is 0 Å². The number of pyridine rings is 1. The third kappa shape index (κ3) is 1.25. The lowest BCUT2D eigenvalue weighted by molar-refractivity contribution is 0.0964. The molecule has 0 aromatic carbocycles. The van der Waals surface area contributed by atoms with Crippen LogP contribution >= 0.6 is 0 Å². The van der Waals surface area contributed by atoms with E-state index in [-0.39, 0.29) is 11.9 Å². The molecule has 15 heavy (non-hydrogen) atoms. The zero-order chi connectivity index (χ0) is 10.4. The van der Waals surface area contributed by atoms with Crippen molar-refractivity contribution in [3.63, 3.8) is 0 Å². The van der Waals surface area contributed by atoms with Crippen LogP contribution in [0.25, 0.3) is 0 Å². The van der Waals surface area contributed by atoms with Gasteiger partial charge in [0, 0.05) is 30.0 Å². The normalized spacial score (nSPS) is 23.3. The van der Waals surface area contributed by atoms with Gasteiger partial charge >= 0.3 is 0 Å².